The molecule has 0 spiro atoms. The summed E-state index contributed by atoms with van der Waals surface area (Å²) in [6.45, 7) is 0. The molecular weight excluding hydrogens is 356 g/mol. The maximum Gasteiger partial charge on any atom is 0.341 e. The fraction of sp³-hybridized carbons (Fsp3) is 0.0500. The molecular formula is C20H14ClO3S+. The van der Waals surface area contributed by atoms with Crippen LogP contribution in [0.4, 0.5) is 0 Å². The van der Waals surface area contributed by atoms with E-state index in [1.807, 2.05) is 24.3 Å². The van der Waals surface area contributed by atoms with Crippen LogP contribution in [0.1, 0.15) is 10.4 Å². The van der Waals surface area contributed by atoms with E-state index in [2.05, 4.69) is 18.2 Å². The van der Waals surface area contributed by atoms with Crippen LogP contribution in [0.15, 0.2) is 60.7 Å². The van der Waals surface area contributed by atoms with Crippen molar-refractivity contribution in [3.05, 3.63) is 71.2 Å². The number of hydrogen-bond acceptors (Lipinski definition) is 4. The Morgan fingerprint density at radius 2 is 1.76 bits per heavy atom. The standard InChI is InChI=1S/C20H14ClO3S/c1-23-20(22)15-10-9-12(21)11-17(15)24-16-7-4-6-14-13-5-2-3-8-18(13)25-19(14)16/h2-11,21H,1H3/q+1. The minimum Gasteiger partial charge on any atom is -0.465 e. The normalized spacial score (nSPS) is 11.0. The van der Waals surface area contributed by atoms with Crippen LogP contribution in [-0.4, -0.2) is 13.1 Å². The van der Waals surface area contributed by atoms with E-state index in [4.69, 9.17) is 21.1 Å². The Morgan fingerprint density at radius 1 is 0.960 bits per heavy atom. The zero-order valence-electron chi connectivity index (χ0n) is 13.3. The summed E-state index contributed by atoms with van der Waals surface area (Å²) in [4.78, 5) is 12.0. The number of benzene rings is 3. The highest BCUT2D eigenvalue weighted by Crippen LogP contribution is 2.41. The van der Waals surface area contributed by atoms with E-state index < -0.39 is 5.97 Å². The fourth-order valence-electron chi connectivity index (χ4n) is 2.79. The molecule has 0 aliphatic carbocycles. The van der Waals surface area contributed by atoms with Gasteiger partial charge in [0.2, 0.25) is 5.02 Å². The van der Waals surface area contributed by atoms with E-state index in [-0.39, 0.29) is 0 Å². The lowest BCUT2D eigenvalue weighted by Crippen LogP contribution is -2.03. The minimum atomic E-state index is -0.450. The van der Waals surface area contributed by atoms with Gasteiger partial charge in [-0.3, -0.25) is 0 Å². The number of esters is 1. The molecule has 0 aliphatic rings. The molecule has 0 unspecified atom stereocenters. The third-order valence-electron chi connectivity index (χ3n) is 3.95. The summed E-state index contributed by atoms with van der Waals surface area (Å²) in [7, 11) is 1.35. The molecule has 0 bridgehead atoms. The van der Waals surface area contributed by atoms with E-state index in [1.54, 1.807) is 29.5 Å². The SMILES string of the molecule is COC(=O)c1ccc([ClH+])cc1Oc1cccc2c1sc1ccccc12. The highest BCUT2D eigenvalue weighted by molar-refractivity contribution is 7.26. The number of ether oxygens (including phenoxy) is 2. The molecule has 4 rings (SSSR count). The molecule has 0 saturated carbocycles. The molecule has 0 atom stereocenters. The van der Waals surface area contributed by atoms with Crippen LogP contribution in [-0.2, 0) is 4.74 Å². The molecule has 3 nitrogen and oxygen atoms in total. The Balaban J connectivity index is 1.87. The van der Waals surface area contributed by atoms with Crippen LogP contribution in [0.25, 0.3) is 20.2 Å². The van der Waals surface area contributed by atoms with Crippen LogP contribution >= 0.6 is 11.3 Å². The van der Waals surface area contributed by atoms with Gasteiger partial charge in [-0.25, -0.2) is 4.79 Å². The van der Waals surface area contributed by atoms with Crippen molar-refractivity contribution >= 4 is 37.5 Å². The molecule has 1 aromatic heterocycles. The second-order valence-electron chi connectivity index (χ2n) is 5.48. The highest BCUT2D eigenvalue weighted by atomic mass is 35.5. The maximum absolute atomic E-state index is 12.0. The zero-order valence-corrected chi connectivity index (χ0v) is 14.9. The number of thiophene rings is 1. The van der Waals surface area contributed by atoms with Crippen LogP contribution < -0.4 is 4.74 Å². The molecule has 0 radical (unpaired) electrons. The van der Waals surface area contributed by atoms with Gasteiger partial charge in [-0.2, -0.15) is 0 Å². The van der Waals surface area contributed by atoms with Crippen molar-refractivity contribution in [2.45, 2.75) is 0 Å². The Kier molecular flexibility index (Phi) is 4.07. The summed E-state index contributed by atoms with van der Waals surface area (Å²) >= 11 is 6.88. The first kappa shape index (κ1) is 15.9. The van der Waals surface area contributed by atoms with Crippen molar-refractivity contribution in [3.63, 3.8) is 0 Å². The average molecular weight is 370 g/mol. The van der Waals surface area contributed by atoms with Gasteiger partial charge < -0.3 is 9.47 Å². The summed E-state index contributed by atoms with van der Waals surface area (Å²) in [6.07, 6.45) is 0. The summed E-state index contributed by atoms with van der Waals surface area (Å²) in [6, 6.07) is 19.2. The molecule has 0 saturated heterocycles. The van der Waals surface area contributed by atoms with Gasteiger partial charge in [-0.05, 0) is 18.2 Å². The third-order valence-corrected chi connectivity index (χ3v) is 5.40. The second kappa shape index (κ2) is 6.39. The van der Waals surface area contributed by atoms with Crippen molar-refractivity contribution in [1.29, 1.82) is 0 Å². The van der Waals surface area contributed by atoms with Gasteiger partial charge in [0, 0.05) is 27.6 Å². The van der Waals surface area contributed by atoms with E-state index in [1.165, 1.54) is 17.2 Å². The predicted octanol–water partition coefficient (Wildman–Crippen LogP) is 5.33. The topological polar surface area (TPSA) is 35.5 Å². The van der Waals surface area contributed by atoms with Gasteiger partial charge >= 0.3 is 5.97 Å². The molecule has 124 valence electrons. The fourth-order valence-corrected chi connectivity index (χ4v) is 4.11. The summed E-state index contributed by atoms with van der Waals surface area (Å²) < 4.78 is 13.2. The molecule has 0 aliphatic heterocycles. The van der Waals surface area contributed by atoms with Crippen molar-refractivity contribution in [1.82, 2.24) is 0 Å². The van der Waals surface area contributed by atoms with Crippen molar-refractivity contribution in [2.24, 2.45) is 0 Å². The molecule has 1 heterocycles. The molecule has 0 amide bonds. The largest absolute Gasteiger partial charge is 0.465 e. The molecule has 0 fully saturated rings. The molecule has 5 heteroatoms. The van der Waals surface area contributed by atoms with Gasteiger partial charge in [0.05, 0.1) is 11.8 Å². The van der Waals surface area contributed by atoms with Gasteiger partial charge in [0.15, 0.2) is 11.6 Å². The number of rotatable bonds is 3. The number of hydrogen-bond donors (Lipinski definition) is 0. The number of halogens is 1. The van der Waals surface area contributed by atoms with Gasteiger partial charge in [0.25, 0.3) is 0 Å². The smallest absolute Gasteiger partial charge is 0.341 e. The molecule has 4 aromatic rings. The van der Waals surface area contributed by atoms with E-state index in [0.717, 1.165) is 10.1 Å². The lowest BCUT2D eigenvalue weighted by atomic mass is 10.1. The second-order valence-corrected chi connectivity index (χ2v) is 7.01. The van der Waals surface area contributed by atoms with Crippen LogP contribution in [0.5, 0.6) is 11.5 Å². The average Bonchev–Trinajstić information content (AvgIpc) is 3.01. The van der Waals surface area contributed by atoms with E-state index in [0.29, 0.717) is 22.1 Å². The van der Waals surface area contributed by atoms with Crippen molar-refractivity contribution in [2.75, 3.05) is 7.11 Å². The van der Waals surface area contributed by atoms with Crippen molar-refractivity contribution in [3.8, 4) is 11.5 Å². The summed E-state index contributed by atoms with van der Waals surface area (Å²) in [5, 5.41) is 2.93. The first-order chi connectivity index (χ1) is 12.2. The molecule has 25 heavy (non-hydrogen) atoms. The van der Waals surface area contributed by atoms with Gasteiger partial charge in [0.1, 0.15) is 17.1 Å². The lowest BCUT2D eigenvalue weighted by molar-refractivity contribution is -0.289. The van der Waals surface area contributed by atoms with Gasteiger partial charge in [-0.15, -0.1) is 11.3 Å². The monoisotopic (exact) mass is 369 g/mol. The number of carbonyl (C=O) groups excluding carboxylic acids is 1. The summed E-state index contributed by atoms with van der Waals surface area (Å²) in [5.74, 6) is 0.655. The quantitative estimate of drug-likeness (QED) is 0.458. The highest BCUT2D eigenvalue weighted by Gasteiger charge is 2.18. The first-order valence-electron chi connectivity index (χ1n) is 7.65. The van der Waals surface area contributed by atoms with Crippen molar-refractivity contribution < 1.29 is 25.9 Å². The Hall–Kier alpha value is -2.56. The Morgan fingerprint density at radius 3 is 2.60 bits per heavy atom. The lowest BCUT2D eigenvalue weighted by Gasteiger charge is -2.10. The van der Waals surface area contributed by atoms with Crippen LogP contribution in [0.3, 0.4) is 0 Å². The van der Waals surface area contributed by atoms with Crippen LogP contribution in [0.2, 0.25) is 5.02 Å². The predicted molar refractivity (Wildman–Crippen MR) is 97.7 cm³/mol. The van der Waals surface area contributed by atoms with E-state index >= 15 is 0 Å². The number of methoxy groups -OCH3 is 1. The van der Waals surface area contributed by atoms with E-state index in [9.17, 15) is 4.79 Å². The first-order valence-corrected chi connectivity index (χ1v) is 8.87. The molecule has 3 aromatic carbocycles. The Labute approximate surface area is 153 Å². The number of fused-ring (bicyclic) bond motifs is 3. The van der Waals surface area contributed by atoms with Crippen LogP contribution in [0, 0.1) is 11.6 Å². The minimum absolute atomic E-state index is 0.356. The molecule has 0 N–H and O–H groups in total. The zero-order chi connectivity index (χ0) is 17.4. The number of carbonyl (C=O) groups is 1. The third kappa shape index (κ3) is 2.84. The maximum atomic E-state index is 12.0. The Bertz CT molecular complexity index is 1100. The van der Waals surface area contributed by atoms with Gasteiger partial charge in [-0.1, -0.05) is 30.3 Å². The summed E-state index contributed by atoms with van der Waals surface area (Å²) in [5.41, 5.74) is 0.356.